The summed E-state index contributed by atoms with van der Waals surface area (Å²) in [5.41, 5.74) is 1.69. The number of rotatable bonds is 3. The fourth-order valence-electron chi connectivity index (χ4n) is 1.90. The molecule has 2 nitrogen and oxygen atoms in total. The highest BCUT2D eigenvalue weighted by atomic mass is 35.5. The molecule has 0 saturated heterocycles. The van der Waals surface area contributed by atoms with Crippen molar-refractivity contribution in [3.63, 3.8) is 0 Å². The first-order valence-corrected chi connectivity index (χ1v) is 6.81. The molecule has 0 aliphatic carbocycles. The molecule has 2 rings (SSSR count). The summed E-state index contributed by atoms with van der Waals surface area (Å²) in [4.78, 5) is 5.55. The second-order valence-electron chi connectivity index (χ2n) is 4.21. The van der Waals surface area contributed by atoms with Crippen molar-refractivity contribution in [3.8, 4) is 0 Å². The van der Waals surface area contributed by atoms with Crippen LogP contribution >= 0.6 is 22.9 Å². The molecule has 96 valence electrons. The van der Waals surface area contributed by atoms with Crippen molar-refractivity contribution < 1.29 is 4.39 Å². The molecule has 2 aromatic rings. The third kappa shape index (κ3) is 3.00. The number of nitrogens with one attached hydrogen (secondary N) is 1. The summed E-state index contributed by atoms with van der Waals surface area (Å²) in [5, 5.41) is 4.67. The number of aromatic nitrogens is 1. The van der Waals surface area contributed by atoms with Crippen LogP contribution in [0.25, 0.3) is 0 Å². The number of aryl methyl sites for hydroxylation is 2. The van der Waals surface area contributed by atoms with Crippen molar-refractivity contribution in [1.82, 2.24) is 4.98 Å². The van der Waals surface area contributed by atoms with Gasteiger partial charge >= 0.3 is 0 Å². The number of benzene rings is 1. The van der Waals surface area contributed by atoms with Crippen LogP contribution in [-0.4, -0.2) is 4.98 Å². The van der Waals surface area contributed by atoms with Crippen molar-refractivity contribution in [2.24, 2.45) is 0 Å². The molecule has 1 N–H and O–H groups in total. The quantitative estimate of drug-likeness (QED) is 0.882. The van der Waals surface area contributed by atoms with Crippen molar-refractivity contribution in [2.75, 3.05) is 5.32 Å². The van der Waals surface area contributed by atoms with Gasteiger partial charge in [-0.3, -0.25) is 0 Å². The minimum atomic E-state index is -0.339. The average molecular weight is 285 g/mol. The molecule has 1 unspecified atom stereocenters. The maximum Gasteiger partial charge on any atom is 0.126 e. The second-order valence-corrected chi connectivity index (χ2v) is 5.88. The zero-order valence-corrected chi connectivity index (χ0v) is 12.0. The van der Waals surface area contributed by atoms with Gasteiger partial charge in [-0.25, -0.2) is 9.37 Å². The molecule has 1 aromatic heterocycles. The number of nitrogens with zero attached hydrogens (tertiary/aromatic N) is 1. The summed E-state index contributed by atoms with van der Waals surface area (Å²) < 4.78 is 13.2. The first-order valence-electron chi connectivity index (χ1n) is 5.62. The van der Waals surface area contributed by atoms with Gasteiger partial charge in [-0.2, -0.15) is 0 Å². The van der Waals surface area contributed by atoms with Gasteiger partial charge in [-0.1, -0.05) is 11.6 Å². The van der Waals surface area contributed by atoms with Gasteiger partial charge in [-0.15, -0.1) is 11.3 Å². The van der Waals surface area contributed by atoms with Crippen LogP contribution in [0.2, 0.25) is 5.02 Å². The Morgan fingerprint density at radius 2 is 2.06 bits per heavy atom. The zero-order chi connectivity index (χ0) is 13.3. The Kier molecular flexibility index (Phi) is 3.88. The lowest BCUT2D eigenvalue weighted by atomic mass is 10.2. The fraction of sp³-hybridized carbons (Fsp3) is 0.308. The topological polar surface area (TPSA) is 24.9 Å². The highest BCUT2D eigenvalue weighted by Gasteiger charge is 2.13. The Labute approximate surface area is 115 Å². The van der Waals surface area contributed by atoms with E-state index in [4.69, 9.17) is 11.6 Å². The number of thiazole rings is 1. The Morgan fingerprint density at radius 3 is 2.61 bits per heavy atom. The third-order valence-corrected chi connectivity index (χ3v) is 4.05. The standard InChI is InChI=1S/C13H14ClFN2S/c1-7-13(18-9(3)16-7)8(2)17-12-5-10(14)4-11(15)6-12/h4-6,8,17H,1-3H3. The molecular formula is C13H14ClFN2S. The van der Waals surface area contributed by atoms with Crippen LogP contribution in [0.1, 0.15) is 28.5 Å². The molecule has 1 heterocycles. The molecule has 0 amide bonds. The predicted octanol–water partition coefficient (Wildman–Crippen LogP) is 4.73. The van der Waals surface area contributed by atoms with Crippen molar-refractivity contribution in [1.29, 1.82) is 0 Å². The largest absolute Gasteiger partial charge is 0.378 e. The Bertz CT molecular complexity index is 548. The third-order valence-electron chi connectivity index (χ3n) is 2.58. The molecule has 0 aliphatic heterocycles. The summed E-state index contributed by atoms with van der Waals surface area (Å²) >= 11 is 7.47. The summed E-state index contributed by atoms with van der Waals surface area (Å²) in [6.45, 7) is 5.99. The van der Waals surface area contributed by atoms with Crippen LogP contribution in [0, 0.1) is 19.7 Å². The maximum absolute atomic E-state index is 13.2. The maximum atomic E-state index is 13.2. The van der Waals surface area contributed by atoms with Crippen molar-refractivity contribution >= 4 is 28.6 Å². The molecule has 0 aliphatic rings. The van der Waals surface area contributed by atoms with E-state index < -0.39 is 0 Å². The smallest absolute Gasteiger partial charge is 0.126 e. The van der Waals surface area contributed by atoms with Gasteiger partial charge in [0.2, 0.25) is 0 Å². The normalized spacial score (nSPS) is 12.5. The van der Waals surface area contributed by atoms with Crippen LogP contribution in [0.3, 0.4) is 0 Å². The fourth-order valence-corrected chi connectivity index (χ4v) is 3.05. The summed E-state index contributed by atoms with van der Waals surface area (Å²) in [5.74, 6) is -0.339. The minimum Gasteiger partial charge on any atom is -0.378 e. The lowest BCUT2D eigenvalue weighted by Gasteiger charge is -2.14. The molecule has 18 heavy (non-hydrogen) atoms. The van der Waals surface area contributed by atoms with Crippen LogP contribution in [0.15, 0.2) is 18.2 Å². The molecule has 5 heteroatoms. The van der Waals surface area contributed by atoms with E-state index in [0.717, 1.165) is 15.6 Å². The molecule has 0 spiro atoms. The number of anilines is 1. The van der Waals surface area contributed by atoms with Gasteiger partial charge in [0.25, 0.3) is 0 Å². The number of hydrogen-bond acceptors (Lipinski definition) is 3. The van der Waals surface area contributed by atoms with E-state index in [0.29, 0.717) is 10.7 Å². The first kappa shape index (κ1) is 13.3. The van der Waals surface area contributed by atoms with Gasteiger partial charge in [-0.05, 0) is 39.0 Å². The monoisotopic (exact) mass is 284 g/mol. The Morgan fingerprint density at radius 1 is 1.33 bits per heavy atom. The number of halogens is 2. The Hall–Kier alpha value is -1.13. The van der Waals surface area contributed by atoms with Gasteiger partial charge < -0.3 is 5.32 Å². The van der Waals surface area contributed by atoms with E-state index >= 15 is 0 Å². The SMILES string of the molecule is Cc1nc(C)c(C(C)Nc2cc(F)cc(Cl)c2)s1. The second kappa shape index (κ2) is 5.24. The lowest BCUT2D eigenvalue weighted by molar-refractivity contribution is 0.628. The van der Waals surface area contributed by atoms with Crippen LogP contribution in [0.5, 0.6) is 0 Å². The molecule has 0 fully saturated rings. The zero-order valence-electron chi connectivity index (χ0n) is 10.4. The highest BCUT2D eigenvalue weighted by Crippen LogP contribution is 2.28. The van der Waals surface area contributed by atoms with Crippen LogP contribution in [0.4, 0.5) is 10.1 Å². The summed E-state index contributed by atoms with van der Waals surface area (Å²) in [6, 6.07) is 4.52. The van der Waals surface area contributed by atoms with Gasteiger partial charge in [0.05, 0.1) is 16.7 Å². The predicted molar refractivity (Wildman–Crippen MR) is 75.0 cm³/mol. The summed E-state index contributed by atoms with van der Waals surface area (Å²) in [7, 11) is 0. The first-order chi connectivity index (χ1) is 8.45. The molecule has 1 aromatic carbocycles. The molecule has 0 bridgehead atoms. The highest BCUT2D eigenvalue weighted by molar-refractivity contribution is 7.11. The van der Waals surface area contributed by atoms with E-state index in [1.807, 2.05) is 20.8 Å². The lowest BCUT2D eigenvalue weighted by Crippen LogP contribution is -2.06. The van der Waals surface area contributed by atoms with Gasteiger partial charge in [0.1, 0.15) is 5.82 Å². The van der Waals surface area contributed by atoms with Crippen molar-refractivity contribution in [2.45, 2.75) is 26.8 Å². The Balaban J connectivity index is 2.20. The molecule has 1 atom stereocenters. The van der Waals surface area contributed by atoms with Crippen LogP contribution < -0.4 is 5.32 Å². The van der Waals surface area contributed by atoms with Crippen molar-refractivity contribution in [3.05, 3.63) is 44.6 Å². The van der Waals surface area contributed by atoms with E-state index in [9.17, 15) is 4.39 Å². The summed E-state index contributed by atoms with van der Waals surface area (Å²) in [6.07, 6.45) is 0. The van der Waals surface area contributed by atoms with E-state index in [1.54, 1.807) is 17.4 Å². The average Bonchev–Trinajstić information content (AvgIpc) is 2.56. The minimum absolute atomic E-state index is 0.0778. The molecule has 0 saturated carbocycles. The van der Waals surface area contributed by atoms with Crippen LogP contribution in [-0.2, 0) is 0 Å². The molecule has 0 radical (unpaired) electrons. The number of hydrogen-bond donors (Lipinski definition) is 1. The molecular weight excluding hydrogens is 271 g/mol. The van der Waals surface area contributed by atoms with Gasteiger partial charge in [0, 0.05) is 15.6 Å². The van der Waals surface area contributed by atoms with Gasteiger partial charge in [0.15, 0.2) is 0 Å². The van der Waals surface area contributed by atoms with E-state index in [2.05, 4.69) is 10.3 Å². The van der Waals surface area contributed by atoms with E-state index in [1.165, 1.54) is 12.1 Å². The van der Waals surface area contributed by atoms with E-state index in [-0.39, 0.29) is 11.9 Å².